The zero-order valence-electron chi connectivity index (χ0n) is 45.6. The second kappa shape index (κ2) is 34.7. The zero-order chi connectivity index (χ0) is 60.5. The first-order valence-electron chi connectivity index (χ1n) is 27.6. The number of carboxylic acids is 1. The van der Waals surface area contributed by atoms with Gasteiger partial charge in [-0.2, -0.15) is 0 Å². The molecule has 82 heavy (non-hydrogen) atoms. The number of nitrogens with one attached hydrogen (secondary N) is 10. The van der Waals surface area contributed by atoms with Crippen molar-refractivity contribution in [3.05, 3.63) is 0 Å². The highest BCUT2D eigenvalue weighted by Crippen LogP contribution is 2.40. The number of carboxylic acid groups (broad SMARTS) is 1. The Hall–Kier alpha value is -6.72. The predicted octanol–water partition coefficient (Wildman–Crippen LogP) is -8.08. The summed E-state index contributed by atoms with van der Waals surface area (Å²) >= 11 is 0. The summed E-state index contributed by atoms with van der Waals surface area (Å²) in [5.41, 5.74) is 5.70. The van der Waals surface area contributed by atoms with Crippen LogP contribution in [0.3, 0.4) is 0 Å². The van der Waals surface area contributed by atoms with Crippen LogP contribution in [0.4, 0.5) is 0 Å². The molecule has 33 nitrogen and oxygen atoms in total. The normalized spacial score (nSPS) is 26.2. The van der Waals surface area contributed by atoms with Crippen LogP contribution in [-0.4, -0.2) is 248 Å². The first kappa shape index (κ1) is 67.8. The molecule has 3 saturated heterocycles. The number of hydrogen-bond donors (Lipinski definition) is 18. The van der Waals surface area contributed by atoms with E-state index in [4.69, 9.17) is 10.8 Å². The van der Waals surface area contributed by atoms with Crippen molar-refractivity contribution in [3.63, 3.8) is 0 Å². The first-order chi connectivity index (χ1) is 39.1. The highest BCUT2D eigenvalue weighted by Gasteiger charge is 2.53. The van der Waals surface area contributed by atoms with Gasteiger partial charge in [-0.1, -0.05) is 0 Å². The Balaban J connectivity index is 1.47. The molecule has 1 aliphatic carbocycles. The van der Waals surface area contributed by atoms with Gasteiger partial charge < -0.3 is 79.1 Å². The van der Waals surface area contributed by atoms with Crippen LogP contribution in [0.2, 0.25) is 0 Å². The summed E-state index contributed by atoms with van der Waals surface area (Å²) in [6.45, 7) is -2.59. The molecule has 33 heteroatoms. The van der Waals surface area contributed by atoms with Crippen LogP contribution in [0, 0.1) is 5.92 Å². The highest BCUT2D eigenvalue weighted by atomic mass is 16.5. The number of hydroxylamine groups is 4. The summed E-state index contributed by atoms with van der Waals surface area (Å²) in [7, 11) is 0. The van der Waals surface area contributed by atoms with Crippen molar-refractivity contribution >= 4 is 72.0 Å². The summed E-state index contributed by atoms with van der Waals surface area (Å²) < 4.78 is 0. The van der Waals surface area contributed by atoms with E-state index >= 15 is 0 Å². The lowest BCUT2D eigenvalue weighted by molar-refractivity contribution is -0.151. The molecule has 4 rings (SSSR count). The number of unbranched alkanes of at least 4 members (excludes halogenated alkanes) is 1. The number of fused-ring (bicyclic) bond motifs is 3. The number of carbonyl (C=O) groups is 12. The molecule has 19 N–H and O–H groups in total. The van der Waals surface area contributed by atoms with E-state index in [1.165, 1.54) is 0 Å². The number of carbonyl (C=O) groups excluding carboxylic acids is 11. The van der Waals surface area contributed by atoms with Gasteiger partial charge in [0.2, 0.25) is 66.0 Å². The second-order valence-corrected chi connectivity index (χ2v) is 20.8. The van der Waals surface area contributed by atoms with Crippen LogP contribution in [0.1, 0.15) is 103 Å². The standard InChI is InChI=1S/C49H82N14O19/c50-14-3-1-7-28(56-48(79)34(24-65)60-49(80)35-13-16-51-42-32(55-39(70)11-12-41(72)73)19-27-20-37(68)38(69)21-36(27)63(35)42)43(74)53-22-40(71)54-29(9-5-17-61(81)25-66)45(76)57-30-8-2-4-15-52-44(75)33(23-64)59-47(78)31(58-46(30)77)10-6-18-62(82)26-67/h25-38,42,51,64-65,68-69,81-82H,1-24,50H2,(H,52,75)(H,53,74)(H,54,71)(H,55,70)(H,56,79)(H,57,76)(H,58,77)(H,59,78)(H,60,80)(H,72,73)/t27?,28-,29-,30-,31-,32?,33-,34+,35+,36?,37?,38?,42?/m0/s1. The highest BCUT2D eigenvalue weighted by molar-refractivity contribution is 5.97. The quantitative estimate of drug-likeness (QED) is 0.0137. The third-order valence-corrected chi connectivity index (χ3v) is 14.8. The lowest BCUT2D eigenvalue weighted by Crippen LogP contribution is -2.75. The van der Waals surface area contributed by atoms with Crippen molar-refractivity contribution in [3.8, 4) is 0 Å². The molecule has 0 aromatic carbocycles. The average Bonchev–Trinajstić information content (AvgIpc) is 1.58. The zero-order valence-corrected chi connectivity index (χ0v) is 45.6. The number of aliphatic carboxylic acids is 1. The molecule has 13 atom stereocenters. The summed E-state index contributed by atoms with van der Waals surface area (Å²) in [6, 6.07) is -10.9. The number of nitrogens with zero attached hydrogens (tertiary/aromatic N) is 3. The van der Waals surface area contributed by atoms with Gasteiger partial charge in [-0.15, -0.1) is 0 Å². The maximum Gasteiger partial charge on any atom is 0.303 e. The van der Waals surface area contributed by atoms with Gasteiger partial charge in [0, 0.05) is 32.1 Å². The van der Waals surface area contributed by atoms with Crippen LogP contribution in [0.15, 0.2) is 0 Å². The van der Waals surface area contributed by atoms with Gasteiger partial charge in [-0.25, -0.2) is 10.1 Å². The first-order valence-corrected chi connectivity index (χ1v) is 27.6. The Labute approximate surface area is 472 Å². The molecule has 4 aliphatic rings. The maximum atomic E-state index is 14.2. The van der Waals surface area contributed by atoms with Crippen LogP contribution in [-0.2, 0) is 57.5 Å². The average molecular weight is 1170 g/mol. The van der Waals surface area contributed by atoms with Crippen molar-refractivity contribution in [1.82, 2.24) is 68.2 Å². The molecule has 462 valence electrons. The molecule has 3 heterocycles. The van der Waals surface area contributed by atoms with Gasteiger partial charge in [-0.05, 0) is 109 Å². The lowest BCUT2D eigenvalue weighted by atomic mass is 9.72. The van der Waals surface area contributed by atoms with E-state index in [0.717, 1.165) is 0 Å². The Kier molecular flexibility index (Phi) is 28.6. The molecule has 0 spiro atoms. The van der Waals surface area contributed by atoms with Crippen LogP contribution in [0.5, 0.6) is 0 Å². The minimum absolute atomic E-state index is 0.0380. The van der Waals surface area contributed by atoms with E-state index in [1.54, 1.807) is 4.90 Å². The molecular weight excluding hydrogens is 1090 g/mol. The molecule has 0 radical (unpaired) electrons. The predicted molar refractivity (Wildman–Crippen MR) is 280 cm³/mol. The Bertz CT molecular complexity index is 2200. The Morgan fingerprint density at radius 3 is 2.05 bits per heavy atom. The van der Waals surface area contributed by atoms with E-state index in [2.05, 4.69) is 53.2 Å². The van der Waals surface area contributed by atoms with Gasteiger partial charge in [0.25, 0.3) is 0 Å². The van der Waals surface area contributed by atoms with E-state index in [0.29, 0.717) is 17.9 Å². The maximum absolute atomic E-state index is 14.2. The number of piperidine rings is 1. The largest absolute Gasteiger partial charge is 0.481 e. The van der Waals surface area contributed by atoms with E-state index < -0.39 is 158 Å². The number of rotatable bonds is 30. The van der Waals surface area contributed by atoms with Gasteiger partial charge in [0.05, 0.1) is 56.6 Å². The van der Waals surface area contributed by atoms with Crippen LogP contribution < -0.4 is 58.9 Å². The molecule has 4 fully saturated rings. The van der Waals surface area contributed by atoms with E-state index in [-0.39, 0.29) is 140 Å². The fourth-order valence-electron chi connectivity index (χ4n) is 10.5. The van der Waals surface area contributed by atoms with E-state index in [1.807, 2.05) is 0 Å². The minimum atomic E-state index is -1.64. The summed E-state index contributed by atoms with van der Waals surface area (Å²) in [4.78, 5) is 157. The van der Waals surface area contributed by atoms with Crippen molar-refractivity contribution in [2.24, 2.45) is 11.7 Å². The summed E-state index contributed by atoms with van der Waals surface area (Å²) in [5.74, 6) is -9.08. The fourth-order valence-corrected chi connectivity index (χ4v) is 10.5. The third kappa shape index (κ3) is 21.2. The second-order valence-electron chi connectivity index (χ2n) is 20.8. The number of hydrogen-bond acceptors (Lipinski definition) is 21. The molecule has 3 aliphatic heterocycles. The van der Waals surface area contributed by atoms with Crippen LogP contribution >= 0.6 is 0 Å². The van der Waals surface area contributed by atoms with Gasteiger partial charge in [-0.3, -0.25) is 78.2 Å². The molecule has 11 amide bonds. The molecular formula is C49H82N14O19. The minimum Gasteiger partial charge on any atom is -0.481 e. The number of nitrogens with two attached hydrogens (primary N) is 1. The SMILES string of the molecule is NCCCC[C@H](NC(=O)[C@@H](CO)NC(=O)[C@H]1CCNC2C(NC(=O)CCC(=O)O)CC3CC(O)C(O)CC3N21)C(=O)NCC(=O)N[C@@H](CCCN(O)C=O)C(=O)N[C@H]1CCCCNC(=O)[C@H](CO)NC(=O)[C@H](CCCN(O)C=O)NC1=O. The summed E-state index contributed by atoms with van der Waals surface area (Å²) in [6.07, 6.45) is -2.27. The van der Waals surface area contributed by atoms with Crippen molar-refractivity contribution in [2.75, 3.05) is 52.5 Å². The molecule has 6 unspecified atom stereocenters. The molecule has 0 bridgehead atoms. The number of amides is 11. The number of aliphatic hydroxyl groups excluding tert-OH is 4. The Morgan fingerprint density at radius 1 is 0.707 bits per heavy atom. The lowest BCUT2D eigenvalue weighted by Gasteiger charge is -2.57. The number of aliphatic hydroxyl groups is 4. The third-order valence-electron chi connectivity index (χ3n) is 14.8. The van der Waals surface area contributed by atoms with Crippen LogP contribution in [0.25, 0.3) is 0 Å². The van der Waals surface area contributed by atoms with Gasteiger partial charge in [0.1, 0.15) is 36.3 Å². The fraction of sp³-hybridized carbons (Fsp3) is 0.755. The molecule has 0 aromatic heterocycles. The smallest absolute Gasteiger partial charge is 0.303 e. The van der Waals surface area contributed by atoms with Crippen molar-refractivity contribution < 1.29 is 93.5 Å². The molecule has 1 saturated carbocycles. The van der Waals surface area contributed by atoms with Gasteiger partial charge >= 0.3 is 5.97 Å². The van der Waals surface area contributed by atoms with Crippen molar-refractivity contribution in [2.45, 2.75) is 175 Å². The Morgan fingerprint density at radius 2 is 1.38 bits per heavy atom. The van der Waals surface area contributed by atoms with E-state index in [9.17, 15) is 88.4 Å². The van der Waals surface area contributed by atoms with Gasteiger partial charge in [0.15, 0.2) is 0 Å². The van der Waals surface area contributed by atoms with Crippen molar-refractivity contribution in [1.29, 1.82) is 0 Å². The molecule has 0 aromatic rings. The summed E-state index contributed by atoms with van der Waals surface area (Å²) in [5, 5.41) is 96.8. The topological polar surface area (TPSA) is 502 Å². The monoisotopic (exact) mass is 1170 g/mol.